The predicted octanol–water partition coefficient (Wildman–Crippen LogP) is 0.480. The Morgan fingerprint density at radius 1 is 0.510 bits per heavy atom. The molecular weight excluding hydrogens is 718 g/mol. The number of benzene rings is 3. The normalized spacial score (nSPS) is 22.1. The van der Waals surface area contributed by atoms with Gasteiger partial charge in [0.25, 0.3) is 0 Å². The standard InChI is InChI=1S/3C11H16N2.C4H10N2.3ClH.Na.2H2O.H2/c3*12-11-6-7-13(9-11)8-10-4-2-1-3-5-10;5-4-1-2-6-3-4;;;;;;;/h3*1-5,11H,6-9,12H2;4,6H,1-3,5H2;3*1H;;2*1H2;1H/q;;;;;;;+1;;;/p-1/t2*11-;;4-;;;;;;;/m11.1......./s1. The van der Waals surface area contributed by atoms with Crippen LogP contribution in [0.2, 0.25) is 0 Å². The maximum absolute atomic E-state index is 5.84. The fourth-order valence-electron chi connectivity index (χ4n) is 6.22. The zero-order valence-electron chi connectivity index (χ0n) is 30.4. The van der Waals surface area contributed by atoms with E-state index in [4.69, 9.17) is 22.9 Å². The minimum absolute atomic E-state index is 0. The van der Waals surface area contributed by atoms with Gasteiger partial charge in [-0.3, -0.25) is 14.7 Å². The summed E-state index contributed by atoms with van der Waals surface area (Å²) in [5.41, 5.74) is 27.1. The van der Waals surface area contributed by atoms with Crippen LogP contribution in [-0.2, 0) is 19.6 Å². The molecule has 4 saturated heterocycles. The van der Waals surface area contributed by atoms with E-state index < -0.39 is 0 Å². The van der Waals surface area contributed by atoms with Crippen LogP contribution in [0.3, 0.4) is 0 Å². The Balaban J connectivity index is -0.000000290. The summed E-state index contributed by atoms with van der Waals surface area (Å²) in [7, 11) is 0. The van der Waals surface area contributed by atoms with Gasteiger partial charge in [0.1, 0.15) is 0 Å². The van der Waals surface area contributed by atoms with E-state index in [1.165, 1.54) is 16.7 Å². The van der Waals surface area contributed by atoms with Crippen molar-refractivity contribution in [3.63, 3.8) is 0 Å². The maximum atomic E-state index is 5.84. The SMILES string of the molecule is Cl.Cl.Cl.NC1CCN(Cc2ccccc2)C1.N[C@@H]1CCN(Cc2ccccc2)C1.N[C@@H]1CCN(Cc2ccccc2)C1.N[C@@H]1CCNC1.O.[HH].[Na+].[OH-]. The molecule has 14 heteroatoms. The van der Waals surface area contributed by atoms with E-state index in [0.29, 0.717) is 24.2 Å². The molecule has 1 unspecified atom stereocenters. The largest absolute Gasteiger partial charge is 1.00 e. The Kier molecular flexibility index (Phi) is 33.6. The summed E-state index contributed by atoms with van der Waals surface area (Å²) in [5, 5.41) is 3.15. The van der Waals surface area contributed by atoms with Crippen molar-refractivity contribution >= 4 is 37.2 Å². The van der Waals surface area contributed by atoms with Gasteiger partial charge in [0.05, 0.1) is 0 Å². The first-order valence-electron chi connectivity index (χ1n) is 16.9. The number of halogens is 3. The van der Waals surface area contributed by atoms with Crippen LogP contribution in [0.1, 0.15) is 43.8 Å². The number of nitrogens with two attached hydrogens (primary N) is 4. The fraction of sp³-hybridized carbons (Fsp3) is 0.514. The van der Waals surface area contributed by atoms with Crippen LogP contribution in [0, 0.1) is 0 Å². The van der Waals surface area contributed by atoms with E-state index in [9.17, 15) is 0 Å². The molecule has 12 N–H and O–H groups in total. The Labute approximate surface area is 349 Å². The van der Waals surface area contributed by atoms with Gasteiger partial charge < -0.3 is 39.2 Å². The molecule has 288 valence electrons. The van der Waals surface area contributed by atoms with Gasteiger partial charge in [0.15, 0.2) is 0 Å². The maximum Gasteiger partial charge on any atom is 1.00 e. The van der Waals surface area contributed by atoms with Crippen LogP contribution in [0.4, 0.5) is 0 Å². The Morgan fingerprint density at radius 2 is 0.804 bits per heavy atom. The van der Waals surface area contributed by atoms with Crippen LogP contribution >= 0.6 is 37.2 Å². The van der Waals surface area contributed by atoms with Gasteiger partial charge in [0, 0.05) is 91.0 Å². The molecule has 51 heavy (non-hydrogen) atoms. The minimum Gasteiger partial charge on any atom is -0.870 e. The molecule has 0 amide bonds. The third-order valence-electron chi connectivity index (χ3n) is 8.77. The van der Waals surface area contributed by atoms with Crippen LogP contribution in [0.15, 0.2) is 91.0 Å². The number of hydrogen-bond donors (Lipinski definition) is 5. The van der Waals surface area contributed by atoms with E-state index in [-0.39, 0.29) is 79.2 Å². The number of likely N-dealkylation sites (tertiary alicyclic amines) is 3. The third kappa shape index (κ3) is 22.8. The summed E-state index contributed by atoms with van der Waals surface area (Å²) in [6.45, 7) is 11.9. The average Bonchev–Trinajstić information content (AvgIpc) is 3.87. The van der Waals surface area contributed by atoms with Crippen molar-refractivity contribution in [2.75, 3.05) is 52.4 Å². The molecule has 4 atom stereocenters. The van der Waals surface area contributed by atoms with Crippen molar-refractivity contribution in [3.05, 3.63) is 108 Å². The Hall–Kier alpha value is -0.870. The zero-order chi connectivity index (χ0) is 31.7. The van der Waals surface area contributed by atoms with E-state index in [1.54, 1.807) is 0 Å². The van der Waals surface area contributed by atoms with Crippen LogP contribution in [-0.4, -0.2) is 102 Å². The monoisotopic (exact) mass is 782 g/mol. The van der Waals surface area contributed by atoms with Gasteiger partial charge in [-0.05, 0) is 48.9 Å². The molecule has 10 nitrogen and oxygen atoms in total. The van der Waals surface area contributed by atoms with Crippen LogP contribution in [0.5, 0.6) is 0 Å². The summed E-state index contributed by atoms with van der Waals surface area (Å²) >= 11 is 0. The van der Waals surface area contributed by atoms with E-state index in [1.807, 2.05) is 0 Å². The molecule has 0 saturated carbocycles. The molecule has 4 heterocycles. The van der Waals surface area contributed by atoms with Crippen molar-refractivity contribution in [2.45, 2.75) is 69.5 Å². The van der Waals surface area contributed by atoms with Gasteiger partial charge in [-0.15, -0.1) is 37.2 Å². The number of nitrogens with one attached hydrogen (secondary N) is 1. The molecular formula is C37H66Cl3N8NaO2. The Morgan fingerprint density at radius 3 is 0.980 bits per heavy atom. The predicted molar refractivity (Wildman–Crippen MR) is 218 cm³/mol. The average molecular weight is 784 g/mol. The van der Waals surface area contributed by atoms with Crippen LogP contribution in [0.25, 0.3) is 0 Å². The van der Waals surface area contributed by atoms with Gasteiger partial charge in [-0.2, -0.15) is 0 Å². The van der Waals surface area contributed by atoms with Gasteiger partial charge >= 0.3 is 29.6 Å². The summed E-state index contributed by atoms with van der Waals surface area (Å²) in [6, 6.07) is 33.3. The van der Waals surface area contributed by atoms with E-state index >= 15 is 0 Å². The molecule has 4 aliphatic rings. The number of hydrogen-bond acceptors (Lipinski definition) is 9. The number of nitrogens with zero attached hydrogens (tertiary/aromatic N) is 3. The van der Waals surface area contributed by atoms with Gasteiger partial charge in [0.2, 0.25) is 0 Å². The molecule has 0 radical (unpaired) electrons. The second-order valence-corrected chi connectivity index (χ2v) is 13.1. The van der Waals surface area contributed by atoms with E-state index in [2.05, 4.69) is 111 Å². The molecule has 0 aliphatic carbocycles. The van der Waals surface area contributed by atoms with E-state index in [0.717, 1.165) is 97.7 Å². The van der Waals surface area contributed by atoms with Crippen LogP contribution < -0.4 is 57.8 Å². The molecule has 0 bridgehead atoms. The molecule has 3 aromatic rings. The first-order valence-corrected chi connectivity index (χ1v) is 16.9. The van der Waals surface area contributed by atoms with Crippen molar-refractivity contribution in [3.8, 4) is 0 Å². The minimum atomic E-state index is 0. The van der Waals surface area contributed by atoms with Gasteiger partial charge in [-0.1, -0.05) is 91.0 Å². The van der Waals surface area contributed by atoms with Gasteiger partial charge in [-0.25, -0.2) is 0 Å². The number of rotatable bonds is 6. The fourth-order valence-corrected chi connectivity index (χ4v) is 6.22. The Bertz CT molecular complexity index is 1060. The molecule has 4 fully saturated rings. The summed E-state index contributed by atoms with van der Waals surface area (Å²) in [5.74, 6) is 0. The van der Waals surface area contributed by atoms with Crippen molar-refractivity contribution < 1.29 is 41.9 Å². The summed E-state index contributed by atoms with van der Waals surface area (Å²) < 4.78 is 0. The van der Waals surface area contributed by atoms with Crippen molar-refractivity contribution in [1.29, 1.82) is 0 Å². The zero-order valence-corrected chi connectivity index (χ0v) is 34.8. The first-order chi connectivity index (χ1) is 21.9. The topological polar surface area (TPSA) is 187 Å². The summed E-state index contributed by atoms with van der Waals surface area (Å²) in [4.78, 5) is 7.25. The first kappa shape index (κ1) is 54.5. The second kappa shape index (κ2) is 31.5. The molecule has 0 aromatic heterocycles. The quantitative estimate of drug-likeness (QED) is 0.222. The van der Waals surface area contributed by atoms with Crippen molar-refractivity contribution in [1.82, 2.24) is 20.0 Å². The smallest absolute Gasteiger partial charge is 0.870 e. The summed E-state index contributed by atoms with van der Waals surface area (Å²) in [6.07, 6.45) is 4.59. The second-order valence-electron chi connectivity index (χ2n) is 13.1. The molecule has 0 spiro atoms. The molecule has 3 aromatic carbocycles. The third-order valence-corrected chi connectivity index (χ3v) is 8.77. The molecule has 7 rings (SSSR count). The molecule has 4 aliphatic heterocycles. The van der Waals surface area contributed by atoms with Crippen molar-refractivity contribution in [2.24, 2.45) is 22.9 Å².